The van der Waals surface area contributed by atoms with Crippen molar-refractivity contribution in [3.63, 3.8) is 0 Å². The van der Waals surface area contributed by atoms with Gasteiger partial charge >= 0.3 is 5.97 Å². The van der Waals surface area contributed by atoms with Crippen molar-refractivity contribution in [2.75, 3.05) is 21.3 Å². The van der Waals surface area contributed by atoms with Crippen LogP contribution in [0.25, 0.3) is 65.9 Å². The summed E-state index contributed by atoms with van der Waals surface area (Å²) in [5.74, 6) is -3.27. The standard InChI is InChI=1S/C44H32N10O10S2.C30H24N6O9S2.C16H12N4O3.2Ni/c1-23-29(21-31-35(55)15-13-33(41(31)47-23)51-53-39-7-3-5-17-45-39)43(57)49-25-9-11-27(37(19-25)65(59,60)61)28-12-10-26(20-38(28)66(62,63)64)50-44(58)30-22-32-36(56)16-14-34(42(32)48-24(30)2)52-54-40-8-4-6-18-46-40;1-16-22(15-23-25(38)11-10-24(29(23)32-16)35-36-28-5-3-4-12-31-28)30(39)34-19-7-9-21(27(14-19)47(43,44)45)20-8-6-18(33-17(2)37)13-26(20)46(40,41)42;1-9-10(16(22)23)8-11-13(21)6-5-12(15(11)18-9)19-20-14-4-2-3-7-17-14;;/h3-22,55-56H,1-2H3,(H,49,57)(H,50,58)(H,59,60,61)(H,62,63,64);3-15,38H,1-2H3,(H,33,37)(H,34,39)(H,40,41,42)(H,43,44,45);2-8,21H,1H3,(H,22,23);;. The van der Waals surface area contributed by atoms with E-state index in [-0.39, 0.29) is 173 Å². The predicted octanol–water partition coefficient (Wildman–Crippen LogP) is 18.3. The summed E-state index contributed by atoms with van der Waals surface area (Å²) in [5, 5.41) is 94.7. The van der Waals surface area contributed by atoms with E-state index >= 15 is 0 Å². The van der Waals surface area contributed by atoms with E-state index in [1.807, 2.05) is 0 Å². The molecule has 8 heterocycles. The molecule has 0 saturated carbocycles. The summed E-state index contributed by atoms with van der Waals surface area (Å²) in [6, 6.07) is 50.5. The average molecular weight is 2030 g/mol. The number of anilines is 4. The molecule has 48 heteroatoms. The van der Waals surface area contributed by atoms with Gasteiger partial charge in [-0.05, 0) is 198 Å². The van der Waals surface area contributed by atoms with Crippen LogP contribution in [0.4, 0.5) is 68.8 Å². The first-order valence-corrected chi connectivity index (χ1v) is 45.1. The number of benzene rings is 8. The maximum atomic E-state index is 13.6. The zero-order chi connectivity index (χ0) is 97.4. The van der Waals surface area contributed by atoms with Gasteiger partial charge < -0.3 is 46.8 Å². The first kappa shape index (κ1) is 101. The molecule has 0 saturated heterocycles. The van der Waals surface area contributed by atoms with Gasteiger partial charge in [0.1, 0.15) is 87.4 Å². The number of azo groups is 4. The van der Waals surface area contributed by atoms with Crippen molar-refractivity contribution in [3.8, 4) is 45.3 Å². The van der Waals surface area contributed by atoms with Crippen LogP contribution in [0.2, 0.25) is 0 Å². The van der Waals surface area contributed by atoms with E-state index in [1.165, 1.54) is 119 Å². The second kappa shape index (κ2) is 42.0. The third kappa shape index (κ3) is 23.5. The van der Waals surface area contributed by atoms with E-state index in [4.69, 9.17) is 5.11 Å². The fourth-order valence-corrected chi connectivity index (χ4v) is 16.5. The van der Waals surface area contributed by atoms with Crippen molar-refractivity contribution in [2.45, 2.75) is 54.2 Å². The molecule has 0 bridgehead atoms. The average Bonchev–Trinajstić information content (AvgIpc) is 0.754. The Balaban J connectivity index is 0.000000205. The Bertz CT molecular complexity index is 8010. The number of nitrogens with zero attached hydrogens (tertiary/aromatic N) is 16. The molecule has 0 radical (unpaired) electrons. The normalized spacial score (nSPS) is 11.7. The first-order valence-electron chi connectivity index (χ1n) is 39.4. The molecule has 0 spiro atoms. The van der Waals surface area contributed by atoms with Crippen LogP contribution < -0.4 is 21.3 Å². The van der Waals surface area contributed by atoms with E-state index in [0.717, 1.165) is 48.5 Å². The van der Waals surface area contributed by atoms with Crippen molar-refractivity contribution in [2.24, 2.45) is 40.9 Å². The molecule has 0 aliphatic carbocycles. The second-order valence-electron chi connectivity index (χ2n) is 29.1. The molecule has 13 N–H and O–H groups in total. The van der Waals surface area contributed by atoms with Gasteiger partial charge in [-0.3, -0.25) is 37.4 Å². The molecule has 16 aromatic rings. The van der Waals surface area contributed by atoms with Crippen LogP contribution in [-0.4, -0.2) is 147 Å². The van der Waals surface area contributed by atoms with E-state index in [1.54, 1.807) is 111 Å². The number of carbonyl (C=O) groups is 5. The zero-order valence-electron chi connectivity index (χ0n) is 71.3. The van der Waals surface area contributed by atoms with Crippen LogP contribution in [0.1, 0.15) is 71.1 Å². The van der Waals surface area contributed by atoms with Crippen LogP contribution in [0.3, 0.4) is 0 Å². The maximum Gasteiger partial charge on any atom is 0.337 e. The van der Waals surface area contributed by atoms with Crippen LogP contribution >= 0.6 is 0 Å². The van der Waals surface area contributed by atoms with Crippen molar-refractivity contribution in [1.82, 2.24) is 39.9 Å². The molecule has 4 amide bonds. The summed E-state index contributed by atoms with van der Waals surface area (Å²) in [6.45, 7) is 7.34. The van der Waals surface area contributed by atoms with Crippen molar-refractivity contribution >= 4 is 182 Å². The van der Waals surface area contributed by atoms with E-state index in [0.29, 0.717) is 51.2 Å². The number of carboxylic acids is 1. The molecule has 0 atom stereocenters. The summed E-state index contributed by atoms with van der Waals surface area (Å²) >= 11 is 0. The molecular formula is C90H68N20Ni2O22S4. The minimum atomic E-state index is -5.16. The fourth-order valence-electron chi connectivity index (χ4n) is 13.5. The van der Waals surface area contributed by atoms with Gasteiger partial charge in [0.05, 0.1) is 45.0 Å². The number of aryl methyl sites for hydroxylation is 4. The Morgan fingerprint density at radius 2 is 0.514 bits per heavy atom. The number of carboxylic acid groups (broad SMARTS) is 1. The molecule has 42 nitrogen and oxygen atoms in total. The van der Waals surface area contributed by atoms with Gasteiger partial charge in [-0.1, -0.05) is 48.5 Å². The SMILES string of the molecule is CC(=O)Nc1ccc(-c2ccc(NC(=O)c3cc4c(O)ccc(N=Nc5ccccn5)c4nc3C)cc2S(=O)(=O)O)c(S(=O)(=O)O)c1.Cc1nc2c(N=Nc3ccccn3)ccc(O)c2cc1C(=O)Nc1ccc(-c2ccc(NC(=O)c3cc4c(O)ccc(N=Nc5ccccn5)c4nc3C)cc2S(=O)(=O)O)c(S(=O)(=O)O)c1.Cc1nc2c(N=Nc3ccccn3)ccc(O)c2cc1C(=O)O.[Ni].[Ni]. The van der Waals surface area contributed by atoms with Gasteiger partial charge in [-0.25, -0.2) is 44.7 Å². The Hall–Kier alpha value is -16.4. The predicted molar refractivity (Wildman–Crippen MR) is 494 cm³/mol. The van der Waals surface area contributed by atoms with Gasteiger partial charge in [0.2, 0.25) is 5.91 Å². The number of hydrogen-bond donors (Lipinski definition) is 13. The number of fused-ring (bicyclic) bond motifs is 4. The number of rotatable bonds is 22. The summed E-state index contributed by atoms with van der Waals surface area (Å²) in [4.78, 5) is 94.0. The van der Waals surface area contributed by atoms with Gasteiger partial charge in [-0.2, -0.15) is 33.7 Å². The number of carbonyl (C=O) groups excluding carboxylic acids is 4. The summed E-state index contributed by atoms with van der Waals surface area (Å²) in [6.07, 6.45) is 6.23. The molecule has 138 heavy (non-hydrogen) atoms. The number of phenols is 4. The maximum absolute atomic E-state index is 13.6. The molecule has 0 fully saturated rings. The van der Waals surface area contributed by atoms with Crippen LogP contribution in [0.15, 0.2) is 304 Å². The molecule has 704 valence electrons. The molecule has 8 aromatic heterocycles. The second-order valence-corrected chi connectivity index (χ2v) is 34.7. The summed E-state index contributed by atoms with van der Waals surface area (Å²) in [5.41, 5.74) is 1.37. The number of hydrogen-bond acceptors (Lipinski definition) is 33. The minimum Gasteiger partial charge on any atom is -0.507 e. The van der Waals surface area contributed by atoms with Gasteiger partial charge in [0.25, 0.3) is 58.2 Å². The van der Waals surface area contributed by atoms with Gasteiger partial charge in [0.15, 0.2) is 23.3 Å². The smallest absolute Gasteiger partial charge is 0.337 e. The Morgan fingerprint density at radius 3 is 0.725 bits per heavy atom. The van der Waals surface area contributed by atoms with Crippen LogP contribution in [0, 0.1) is 27.7 Å². The quantitative estimate of drug-likeness (QED) is 0.0170. The molecule has 8 aromatic carbocycles. The Morgan fingerprint density at radius 1 is 0.290 bits per heavy atom. The summed E-state index contributed by atoms with van der Waals surface area (Å²) < 4.78 is 141. The number of aromatic carboxylic acids is 1. The topological polar surface area (TPSA) is 654 Å². The molecule has 0 aliphatic heterocycles. The van der Waals surface area contributed by atoms with Crippen LogP contribution in [-0.2, 0) is 78.2 Å². The fraction of sp³-hybridized carbons (Fsp3) is 0.0556. The third-order valence-electron chi connectivity index (χ3n) is 19.8. The first-order chi connectivity index (χ1) is 64.6. The number of pyridine rings is 8. The van der Waals surface area contributed by atoms with Crippen molar-refractivity contribution in [3.05, 3.63) is 288 Å². The van der Waals surface area contributed by atoms with Crippen molar-refractivity contribution in [1.29, 1.82) is 0 Å². The van der Waals surface area contributed by atoms with Gasteiger partial charge in [0, 0.05) is 131 Å². The zero-order valence-corrected chi connectivity index (χ0v) is 76.6. The van der Waals surface area contributed by atoms with Gasteiger partial charge in [-0.15, -0.1) is 40.9 Å². The monoisotopic (exact) mass is 2020 g/mol. The van der Waals surface area contributed by atoms with Crippen LogP contribution in [0.5, 0.6) is 23.0 Å². The molecule has 0 unspecified atom stereocenters. The number of aromatic hydroxyl groups is 4. The summed E-state index contributed by atoms with van der Waals surface area (Å²) in [7, 11) is -20.3. The molecular weight excluding hydrogens is 1960 g/mol. The van der Waals surface area contributed by atoms with E-state index in [2.05, 4.69) is 102 Å². The molecule has 16 rings (SSSR count). The van der Waals surface area contributed by atoms with Crippen molar-refractivity contribution < 1.29 is 134 Å². The third-order valence-corrected chi connectivity index (χ3v) is 23.4. The Kier molecular flexibility index (Phi) is 30.6. The number of nitrogens with one attached hydrogen (secondary N) is 4. The minimum absolute atomic E-state index is 0. The van der Waals surface area contributed by atoms with E-state index < -0.39 is 101 Å². The Labute approximate surface area is 801 Å². The van der Waals surface area contributed by atoms with E-state index in [9.17, 15) is 96.3 Å². The number of amides is 4. The molecule has 0 aliphatic rings. The number of phenolic OH excluding ortho intramolecular Hbond substituents is 4. The largest absolute Gasteiger partial charge is 0.507 e. The number of aromatic nitrogens is 8.